The highest BCUT2D eigenvalue weighted by Gasteiger charge is 2.31. The van der Waals surface area contributed by atoms with E-state index in [1.54, 1.807) is 0 Å². The normalized spacial score (nSPS) is 11.4. The molecule has 0 atom stereocenters. The van der Waals surface area contributed by atoms with E-state index < -0.39 is 11.7 Å². The van der Waals surface area contributed by atoms with Crippen LogP contribution >= 0.6 is 0 Å². The molecule has 2 aromatic rings. The van der Waals surface area contributed by atoms with Crippen molar-refractivity contribution < 1.29 is 23.0 Å². The summed E-state index contributed by atoms with van der Waals surface area (Å²) in [6, 6.07) is 9.18. The van der Waals surface area contributed by atoms with Gasteiger partial charge in [0.05, 0.1) is 12.7 Å². The molecular weight excluding hydrogens is 257 g/mol. The van der Waals surface area contributed by atoms with Crippen LogP contribution in [-0.2, 0) is 6.18 Å². The lowest BCUT2D eigenvalue weighted by molar-refractivity contribution is -0.137. The van der Waals surface area contributed by atoms with Crippen molar-refractivity contribution in [2.45, 2.75) is 6.18 Å². The molecule has 0 saturated carbocycles. The number of phenols is 1. The highest BCUT2D eigenvalue weighted by atomic mass is 19.4. The van der Waals surface area contributed by atoms with Crippen LogP contribution in [0.25, 0.3) is 11.1 Å². The smallest absolute Gasteiger partial charge is 0.416 e. The second kappa shape index (κ2) is 4.84. The predicted molar refractivity (Wildman–Crippen MR) is 65.1 cm³/mol. The van der Waals surface area contributed by atoms with E-state index in [9.17, 15) is 18.3 Å². The zero-order chi connectivity index (χ0) is 14.0. The van der Waals surface area contributed by atoms with E-state index in [2.05, 4.69) is 0 Å². The molecular formula is C14H11F3O2. The zero-order valence-electron chi connectivity index (χ0n) is 10.0. The van der Waals surface area contributed by atoms with Gasteiger partial charge < -0.3 is 9.84 Å². The Morgan fingerprint density at radius 3 is 2.16 bits per heavy atom. The first-order chi connectivity index (χ1) is 8.91. The molecule has 2 nitrogen and oxygen atoms in total. The van der Waals surface area contributed by atoms with Gasteiger partial charge in [0.2, 0.25) is 0 Å². The van der Waals surface area contributed by atoms with Crippen LogP contribution < -0.4 is 4.74 Å². The van der Waals surface area contributed by atoms with Crippen molar-refractivity contribution in [3.8, 4) is 22.6 Å². The van der Waals surface area contributed by atoms with Gasteiger partial charge in [-0.25, -0.2) is 0 Å². The first-order valence-corrected chi connectivity index (χ1v) is 5.46. The van der Waals surface area contributed by atoms with Gasteiger partial charge in [0.25, 0.3) is 0 Å². The molecule has 0 aromatic heterocycles. The molecule has 0 heterocycles. The number of alkyl halides is 3. The molecule has 1 N–H and O–H groups in total. The number of ether oxygens (including phenoxy) is 1. The molecule has 0 aliphatic carbocycles. The van der Waals surface area contributed by atoms with Gasteiger partial charge in [-0.2, -0.15) is 13.2 Å². The van der Waals surface area contributed by atoms with E-state index in [0.717, 1.165) is 12.1 Å². The Kier molecular flexibility index (Phi) is 3.38. The van der Waals surface area contributed by atoms with Crippen LogP contribution in [0.3, 0.4) is 0 Å². The molecule has 0 bridgehead atoms. The average molecular weight is 268 g/mol. The Hall–Kier alpha value is -2.17. The van der Waals surface area contributed by atoms with E-state index in [0.29, 0.717) is 16.9 Å². The number of phenolic OH excluding ortho intramolecular Hbond substituents is 1. The van der Waals surface area contributed by atoms with Crippen LogP contribution in [0.15, 0.2) is 42.5 Å². The van der Waals surface area contributed by atoms with Crippen LogP contribution in [0, 0.1) is 0 Å². The summed E-state index contributed by atoms with van der Waals surface area (Å²) in [4.78, 5) is 0. The van der Waals surface area contributed by atoms with Crippen molar-refractivity contribution in [1.82, 2.24) is 0 Å². The molecule has 5 heteroatoms. The maximum atomic E-state index is 12.7. The Balaban J connectivity index is 2.56. The first-order valence-electron chi connectivity index (χ1n) is 5.46. The zero-order valence-corrected chi connectivity index (χ0v) is 10.0. The Bertz CT molecular complexity index is 574. The maximum Gasteiger partial charge on any atom is 0.416 e. The molecule has 100 valence electrons. The van der Waals surface area contributed by atoms with Gasteiger partial charge in [-0.1, -0.05) is 12.1 Å². The first kappa shape index (κ1) is 13.3. The van der Waals surface area contributed by atoms with Crippen LogP contribution in [-0.4, -0.2) is 12.2 Å². The fourth-order valence-electron chi connectivity index (χ4n) is 1.75. The van der Waals surface area contributed by atoms with E-state index in [4.69, 9.17) is 4.74 Å². The van der Waals surface area contributed by atoms with Crippen molar-refractivity contribution >= 4 is 0 Å². The van der Waals surface area contributed by atoms with Gasteiger partial charge in [-0.15, -0.1) is 0 Å². The number of methoxy groups -OCH3 is 1. The average Bonchev–Trinajstić information content (AvgIpc) is 2.38. The molecule has 0 aliphatic rings. The standard InChI is InChI=1S/C14H11F3O2/c1-19-13-7-4-10(14(15,16)17)8-12(13)9-2-5-11(18)6-3-9/h2-8,18H,1H3. The number of aromatic hydroxyl groups is 1. The van der Waals surface area contributed by atoms with Crippen molar-refractivity contribution in [3.05, 3.63) is 48.0 Å². The highest BCUT2D eigenvalue weighted by Crippen LogP contribution is 2.37. The molecule has 19 heavy (non-hydrogen) atoms. The monoisotopic (exact) mass is 268 g/mol. The quantitative estimate of drug-likeness (QED) is 0.889. The number of benzene rings is 2. The van der Waals surface area contributed by atoms with Gasteiger partial charge >= 0.3 is 6.18 Å². The summed E-state index contributed by atoms with van der Waals surface area (Å²) in [5.41, 5.74) is 0.134. The van der Waals surface area contributed by atoms with Gasteiger partial charge in [0.15, 0.2) is 0 Å². The Morgan fingerprint density at radius 2 is 1.63 bits per heavy atom. The molecule has 2 aromatic carbocycles. The van der Waals surface area contributed by atoms with Gasteiger partial charge in [-0.05, 0) is 35.9 Å². The number of rotatable bonds is 2. The topological polar surface area (TPSA) is 29.5 Å². The van der Waals surface area contributed by atoms with E-state index in [-0.39, 0.29) is 5.75 Å². The Morgan fingerprint density at radius 1 is 1.00 bits per heavy atom. The van der Waals surface area contributed by atoms with E-state index in [1.165, 1.54) is 37.4 Å². The van der Waals surface area contributed by atoms with Crippen LogP contribution in [0.4, 0.5) is 13.2 Å². The molecule has 2 rings (SSSR count). The van der Waals surface area contributed by atoms with Crippen LogP contribution in [0.5, 0.6) is 11.5 Å². The van der Waals surface area contributed by atoms with E-state index >= 15 is 0 Å². The third-order valence-corrected chi connectivity index (χ3v) is 2.71. The van der Waals surface area contributed by atoms with Crippen molar-refractivity contribution in [2.75, 3.05) is 7.11 Å². The number of hydrogen-bond donors (Lipinski definition) is 1. The SMILES string of the molecule is COc1ccc(C(F)(F)F)cc1-c1ccc(O)cc1. The van der Waals surface area contributed by atoms with Gasteiger partial charge in [-0.3, -0.25) is 0 Å². The third-order valence-electron chi connectivity index (χ3n) is 2.71. The maximum absolute atomic E-state index is 12.7. The molecule has 0 saturated heterocycles. The minimum Gasteiger partial charge on any atom is -0.508 e. The summed E-state index contributed by atoms with van der Waals surface area (Å²) in [5, 5.41) is 9.20. The van der Waals surface area contributed by atoms with Crippen molar-refractivity contribution in [1.29, 1.82) is 0 Å². The molecule has 0 amide bonds. The van der Waals surface area contributed by atoms with Crippen LogP contribution in [0.2, 0.25) is 0 Å². The number of halogens is 3. The summed E-state index contributed by atoms with van der Waals surface area (Å²) < 4.78 is 43.2. The summed E-state index contributed by atoms with van der Waals surface area (Å²) in [7, 11) is 1.40. The van der Waals surface area contributed by atoms with Crippen LogP contribution in [0.1, 0.15) is 5.56 Å². The van der Waals surface area contributed by atoms with Gasteiger partial charge in [0.1, 0.15) is 11.5 Å². The lowest BCUT2D eigenvalue weighted by Crippen LogP contribution is -2.05. The largest absolute Gasteiger partial charge is 0.508 e. The fraction of sp³-hybridized carbons (Fsp3) is 0.143. The molecule has 0 unspecified atom stereocenters. The van der Waals surface area contributed by atoms with E-state index in [1.807, 2.05) is 0 Å². The van der Waals surface area contributed by atoms with Gasteiger partial charge in [0, 0.05) is 5.56 Å². The Labute approximate surface area is 108 Å². The lowest BCUT2D eigenvalue weighted by atomic mass is 10.0. The van der Waals surface area contributed by atoms with Crippen molar-refractivity contribution in [3.63, 3.8) is 0 Å². The molecule has 0 radical (unpaired) electrons. The predicted octanol–water partition coefficient (Wildman–Crippen LogP) is 4.09. The third kappa shape index (κ3) is 2.81. The molecule has 0 aliphatic heterocycles. The number of hydrogen-bond acceptors (Lipinski definition) is 2. The summed E-state index contributed by atoms with van der Waals surface area (Å²) in [5.74, 6) is 0.397. The molecule has 0 fully saturated rings. The lowest BCUT2D eigenvalue weighted by Gasteiger charge is -2.13. The summed E-state index contributed by atoms with van der Waals surface area (Å²) >= 11 is 0. The minimum absolute atomic E-state index is 0.0506. The highest BCUT2D eigenvalue weighted by molar-refractivity contribution is 5.71. The fourth-order valence-corrected chi connectivity index (χ4v) is 1.75. The summed E-state index contributed by atoms with van der Waals surface area (Å²) in [6.07, 6.45) is -4.40. The second-order valence-corrected chi connectivity index (χ2v) is 3.96. The molecule has 0 spiro atoms. The summed E-state index contributed by atoms with van der Waals surface area (Å²) in [6.45, 7) is 0. The second-order valence-electron chi connectivity index (χ2n) is 3.96. The van der Waals surface area contributed by atoms with Crippen molar-refractivity contribution in [2.24, 2.45) is 0 Å². The minimum atomic E-state index is -4.40.